The second-order valence-corrected chi connectivity index (χ2v) is 10.7. The van der Waals surface area contributed by atoms with Gasteiger partial charge in [0, 0.05) is 6.54 Å². The number of amides is 2. The molecule has 0 aliphatic heterocycles. The van der Waals surface area contributed by atoms with Gasteiger partial charge in [0.15, 0.2) is 0 Å². The Morgan fingerprint density at radius 2 is 1.66 bits per heavy atom. The molecule has 0 saturated heterocycles. The number of carbonyl (C=O) groups excluding carboxylic acids is 3. The highest BCUT2D eigenvalue weighted by Crippen LogP contribution is 2.31. The van der Waals surface area contributed by atoms with Crippen LogP contribution in [0.1, 0.15) is 92.9 Å². The maximum absolute atomic E-state index is 12.6. The van der Waals surface area contributed by atoms with E-state index in [9.17, 15) is 14.4 Å². The van der Waals surface area contributed by atoms with E-state index in [2.05, 4.69) is 10.6 Å². The van der Waals surface area contributed by atoms with Crippen molar-refractivity contribution in [3.63, 3.8) is 0 Å². The van der Waals surface area contributed by atoms with Crippen molar-refractivity contribution < 1.29 is 23.9 Å². The fourth-order valence-corrected chi connectivity index (χ4v) is 3.87. The molecule has 1 aliphatic carbocycles. The van der Waals surface area contributed by atoms with Gasteiger partial charge in [-0.15, -0.1) is 0 Å². The predicted octanol–water partition coefficient (Wildman–Crippen LogP) is 3.37. The Bertz CT molecular complexity index is 591. The van der Waals surface area contributed by atoms with Crippen molar-refractivity contribution in [2.75, 3.05) is 6.54 Å². The summed E-state index contributed by atoms with van der Waals surface area (Å²) >= 11 is 0. The standard InChI is InChI=1S/C24H44N3O5/c1-23(2,3)31-20(17-12-8-7-9-13-17)19(16-28)27-21(29)18(25)14-10-11-15-26-22(30)32-24(4,5)6/h17-20H,7-15,25H2,1-6H3,(H,26,30)(H,27,29)/t18-,19+,20?/m0/s1. The third-order valence-electron chi connectivity index (χ3n) is 5.30. The fourth-order valence-electron chi connectivity index (χ4n) is 3.87. The zero-order valence-electron chi connectivity index (χ0n) is 20.8. The molecule has 1 saturated carbocycles. The number of unbranched alkanes of at least 4 members (excludes halogenated alkanes) is 1. The molecule has 8 nitrogen and oxygen atoms in total. The van der Waals surface area contributed by atoms with Gasteiger partial charge in [-0.05, 0) is 79.6 Å². The Hall–Kier alpha value is -1.67. The van der Waals surface area contributed by atoms with Crippen molar-refractivity contribution in [2.24, 2.45) is 11.7 Å². The number of carbonyl (C=O) groups is 2. The van der Waals surface area contributed by atoms with Gasteiger partial charge >= 0.3 is 6.09 Å². The van der Waals surface area contributed by atoms with Crippen LogP contribution in [0.4, 0.5) is 4.79 Å². The minimum absolute atomic E-state index is 0.213. The number of ether oxygens (including phenoxy) is 2. The lowest BCUT2D eigenvalue weighted by atomic mass is 9.82. The highest BCUT2D eigenvalue weighted by atomic mass is 16.6. The number of hydrogen-bond acceptors (Lipinski definition) is 6. The Kier molecular flexibility index (Phi) is 11.6. The molecule has 0 aromatic heterocycles. The Morgan fingerprint density at radius 1 is 1.03 bits per heavy atom. The van der Waals surface area contributed by atoms with E-state index in [1.165, 1.54) is 6.42 Å². The van der Waals surface area contributed by atoms with E-state index in [1.54, 1.807) is 20.8 Å². The highest BCUT2D eigenvalue weighted by molar-refractivity contribution is 5.84. The summed E-state index contributed by atoms with van der Waals surface area (Å²) < 4.78 is 11.4. The number of nitrogens with one attached hydrogen (secondary N) is 2. The summed E-state index contributed by atoms with van der Waals surface area (Å²) in [6, 6.07) is -1.58. The quantitative estimate of drug-likeness (QED) is 0.412. The van der Waals surface area contributed by atoms with Crippen LogP contribution in [0.3, 0.4) is 0 Å². The van der Waals surface area contributed by atoms with E-state index >= 15 is 0 Å². The fraction of sp³-hybridized carbons (Fsp3) is 0.875. The van der Waals surface area contributed by atoms with Gasteiger partial charge in [-0.1, -0.05) is 19.3 Å². The molecule has 8 heteroatoms. The monoisotopic (exact) mass is 454 g/mol. The molecule has 0 spiro atoms. The first kappa shape index (κ1) is 28.4. The molecule has 2 amide bonds. The van der Waals surface area contributed by atoms with Gasteiger partial charge in [0.1, 0.15) is 11.6 Å². The van der Waals surface area contributed by atoms with Gasteiger partial charge in [-0.3, -0.25) is 9.59 Å². The third-order valence-corrected chi connectivity index (χ3v) is 5.30. The summed E-state index contributed by atoms with van der Waals surface area (Å²) in [6.07, 6.45) is 8.23. The number of alkyl carbamates (subject to hydrolysis) is 1. The van der Waals surface area contributed by atoms with Crippen molar-refractivity contribution in [3.8, 4) is 0 Å². The summed E-state index contributed by atoms with van der Waals surface area (Å²) in [7, 11) is 0. The summed E-state index contributed by atoms with van der Waals surface area (Å²) in [5.74, 6) is -0.165. The van der Waals surface area contributed by atoms with Crippen LogP contribution in [0.25, 0.3) is 0 Å². The van der Waals surface area contributed by atoms with Crippen LogP contribution >= 0.6 is 0 Å². The smallest absolute Gasteiger partial charge is 0.407 e. The average Bonchev–Trinajstić information content (AvgIpc) is 2.68. The summed E-state index contributed by atoms with van der Waals surface area (Å²) in [6.45, 7) is 11.7. The molecule has 1 aliphatic rings. The Morgan fingerprint density at radius 3 is 2.19 bits per heavy atom. The molecule has 0 bridgehead atoms. The zero-order valence-corrected chi connectivity index (χ0v) is 20.8. The molecule has 1 fully saturated rings. The van der Waals surface area contributed by atoms with Crippen molar-refractivity contribution in [1.29, 1.82) is 0 Å². The van der Waals surface area contributed by atoms with Gasteiger partial charge in [0.05, 0.1) is 17.7 Å². The lowest BCUT2D eigenvalue weighted by Crippen LogP contribution is -2.54. The third kappa shape index (κ3) is 11.8. The van der Waals surface area contributed by atoms with Crippen LogP contribution in [0, 0.1) is 5.92 Å². The van der Waals surface area contributed by atoms with Gasteiger partial charge in [0.2, 0.25) is 12.2 Å². The van der Waals surface area contributed by atoms with E-state index in [0.29, 0.717) is 25.8 Å². The van der Waals surface area contributed by atoms with Crippen LogP contribution in [-0.4, -0.2) is 54.2 Å². The molecular weight excluding hydrogens is 410 g/mol. The number of rotatable bonds is 11. The molecular formula is C24H44N3O5. The first-order valence-corrected chi connectivity index (χ1v) is 11.9. The summed E-state index contributed by atoms with van der Waals surface area (Å²) in [5, 5.41) is 5.46. The van der Waals surface area contributed by atoms with Crippen molar-refractivity contribution in [1.82, 2.24) is 10.6 Å². The highest BCUT2D eigenvalue weighted by Gasteiger charge is 2.36. The zero-order chi connectivity index (χ0) is 24.4. The molecule has 0 aromatic carbocycles. The number of nitrogens with two attached hydrogens (primary N) is 1. The van der Waals surface area contributed by atoms with Crippen LogP contribution < -0.4 is 16.4 Å². The Labute approximate surface area is 193 Å². The van der Waals surface area contributed by atoms with E-state index < -0.39 is 35.5 Å². The molecule has 1 radical (unpaired) electrons. The van der Waals surface area contributed by atoms with E-state index in [4.69, 9.17) is 15.2 Å². The second-order valence-electron chi connectivity index (χ2n) is 10.7. The maximum atomic E-state index is 12.6. The summed E-state index contributed by atoms with van der Waals surface area (Å²) in [4.78, 5) is 36.1. The molecule has 4 N–H and O–H groups in total. The molecule has 0 heterocycles. The predicted molar refractivity (Wildman–Crippen MR) is 125 cm³/mol. The largest absolute Gasteiger partial charge is 0.444 e. The lowest BCUT2D eigenvalue weighted by molar-refractivity contribution is -0.128. The maximum Gasteiger partial charge on any atom is 0.407 e. The van der Waals surface area contributed by atoms with E-state index in [1.807, 2.05) is 27.1 Å². The van der Waals surface area contributed by atoms with Crippen LogP contribution in [-0.2, 0) is 19.1 Å². The van der Waals surface area contributed by atoms with Gasteiger partial charge in [-0.2, -0.15) is 0 Å². The van der Waals surface area contributed by atoms with E-state index in [0.717, 1.165) is 25.7 Å². The molecule has 1 unspecified atom stereocenters. The van der Waals surface area contributed by atoms with Crippen molar-refractivity contribution in [2.45, 2.75) is 122 Å². The second kappa shape index (κ2) is 13.1. The first-order chi connectivity index (χ1) is 14.8. The molecule has 0 aromatic rings. The summed E-state index contributed by atoms with van der Waals surface area (Å²) in [5.41, 5.74) is 5.08. The van der Waals surface area contributed by atoms with Gasteiger partial charge in [0.25, 0.3) is 0 Å². The average molecular weight is 455 g/mol. The normalized spacial score (nSPS) is 18.3. The Balaban J connectivity index is 2.51. The first-order valence-electron chi connectivity index (χ1n) is 11.9. The van der Waals surface area contributed by atoms with Gasteiger partial charge in [-0.25, -0.2) is 4.79 Å². The SMILES string of the molecule is CC(C)(C)OC(=O)NCCCC[C@H](N)C(=O)N[C@H]([C]=O)C(OC(C)(C)C)C1CCCCC1. The topological polar surface area (TPSA) is 120 Å². The van der Waals surface area contributed by atoms with Crippen LogP contribution in [0.15, 0.2) is 0 Å². The minimum Gasteiger partial charge on any atom is -0.444 e. The minimum atomic E-state index is -0.843. The molecule has 185 valence electrons. The van der Waals surface area contributed by atoms with Gasteiger partial charge < -0.3 is 25.8 Å². The number of hydrogen-bond donors (Lipinski definition) is 3. The molecule has 3 atom stereocenters. The van der Waals surface area contributed by atoms with E-state index in [-0.39, 0.29) is 11.8 Å². The van der Waals surface area contributed by atoms with Crippen LogP contribution in [0.5, 0.6) is 0 Å². The lowest BCUT2D eigenvalue weighted by Gasteiger charge is -2.38. The molecule has 32 heavy (non-hydrogen) atoms. The molecule has 1 rings (SSSR count). The van der Waals surface area contributed by atoms with Crippen LogP contribution in [0.2, 0.25) is 0 Å². The van der Waals surface area contributed by atoms with Crippen molar-refractivity contribution >= 4 is 18.3 Å². The van der Waals surface area contributed by atoms with Crippen molar-refractivity contribution in [3.05, 3.63) is 0 Å².